The second-order valence-corrected chi connectivity index (χ2v) is 12.1. The predicted octanol–water partition coefficient (Wildman–Crippen LogP) is 5.19. The molecule has 0 bridgehead atoms. The van der Waals surface area contributed by atoms with E-state index < -0.39 is 39.6 Å². The molecule has 4 rings (SSSR count). The number of hydrogen-bond donors (Lipinski definition) is 1. The van der Waals surface area contributed by atoms with Crippen LogP contribution in [0.1, 0.15) is 11.1 Å². The summed E-state index contributed by atoms with van der Waals surface area (Å²) in [6, 6.07) is 13.0. The molecule has 1 aliphatic rings. The van der Waals surface area contributed by atoms with Crippen LogP contribution in [0.15, 0.2) is 70.3 Å². The molecule has 1 N–H and O–H groups in total. The molecule has 2 aromatic carbocycles. The number of nitrogens with zero attached hydrogens (tertiary/aromatic N) is 2. The molecule has 0 saturated carbocycles. The molecule has 0 aliphatic carbocycles. The Morgan fingerprint density at radius 3 is 2.21 bits per heavy atom. The van der Waals surface area contributed by atoms with Crippen molar-refractivity contribution in [3.05, 3.63) is 77.2 Å². The minimum atomic E-state index is -6.00. The van der Waals surface area contributed by atoms with Crippen LogP contribution in [0.4, 0.5) is 32.0 Å². The van der Waals surface area contributed by atoms with Crippen LogP contribution in [0.25, 0.3) is 0 Å². The Hall–Kier alpha value is -2.81. The largest absolute Gasteiger partial charge is 0.497 e. The second-order valence-electron chi connectivity index (χ2n) is 8.95. The van der Waals surface area contributed by atoms with Gasteiger partial charge in [0.2, 0.25) is 0 Å². The smallest absolute Gasteiger partial charge is 0.430 e. The molecule has 1 aliphatic heterocycles. The maximum Gasteiger partial charge on any atom is 0.430 e. The van der Waals surface area contributed by atoms with E-state index in [0.29, 0.717) is 24.3 Å². The maximum absolute atomic E-state index is 13.3. The normalized spacial score (nSPS) is 17.8. The third-order valence-corrected chi connectivity index (χ3v) is 9.82. The molecule has 14 heteroatoms. The van der Waals surface area contributed by atoms with E-state index in [9.17, 15) is 39.9 Å². The SMILES string of the molecule is COc1cccc(C[C@@H]2CN(S(=O)(=O)c3cccs3)CCN2c2ccc(C(O)(C(F)(F)F)C(F)(F)F)cc2)c1. The summed E-state index contributed by atoms with van der Waals surface area (Å²) < 4.78 is 113. The van der Waals surface area contributed by atoms with Gasteiger partial charge in [-0.05, 0) is 47.7 Å². The molecule has 0 radical (unpaired) electrons. The van der Waals surface area contributed by atoms with Crippen molar-refractivity contribution in [3.8, 4) is 5.75 Å². The van der Waals surface area contributed by atoms with Gasteiger partial charge in [0.25, 0.3) is 15.6 Å². The van der Waals surface area contributed by atoms with E-state index in [4.69, 9.17) is 4.74 Å². The van der Waals surface area contributed by atoms with Crippen LogP contribution < -0.4 is 9.64 Å². The first-order valence-electron chi connectivity index (χ1n) is 11.6. The number of sulfonamides is 1. The Bertz CT molecular complexity index is 1360. The molecule has 0 spiro atoms. The lowest BCUT2D eigenvalue weighted by Crippen LogP contribution is -2.55. The molecule has 2 heterocycles. The van der Waals surface area contributed by atoms with Gasteiger partial charge >= 0.3 is 12.4 Å². The fraction of sp³-hybridized carbons (Fsp3) is 0.360. The standard InChI is InChI=1S/C25H24F6N2O4S2/c1-37-21-5-2-4-17(15-21)14-20-16-32(39(35,36)22-6-3-13-38-22)11-12-33(20)19-9-7-18(8-10-19)23(34,24(26,27)28)25(29,30)31/h2-10,13,15,20,34H,11-12,14,16H2,1H3/t20-/m1/s1. The van der Waals surface area contributed by atoms with Gasteiger partial charge in [0.1, 0.15) is 9.96 Å². The van der Waals surface area contributed by atoms with Gasteiger partial charge in [-0.15, -0.1) is 11.3 Å². The minimum Gasteiger partial charge on any atom is -0.497 e. The Kier molecular flexibility index (Phi) is 7.96. The number of hydrogen-bond acceptors (Lipinski definition) is 6. The summed E-state index contributed by atoms with van der Waals surface area (Å²) in [5.41, 5.74) is -5.33. The molecular weight excluding hydrogens is 570 g/mol. The topological polar surface area (TPSA) is 70.1 Å². The number of alkyl halides is 6. The summed E-state index contributed by atoms with van der Waals surface area (Å²) in [7, 11) is -2.31. The Labute approximate surface area is 225 Å². The van der Waals surface area contributed by atoms with Gasteiger partial charge in [0, 0.05) is 36.9 Å². The summed E-state index contributed by atoms with van der Waals surface area (Å²) in [4.78, 5) is 1.74. The van der Waals surface area contributed by atoms with Crippen molar-refractivity contribution < 1.29 is 44.6 Å². The molecular formula is C25H24F6N2O4S2. The van der Waals surface area contributed by atoms with Crippen LogP contribution in [-0.2, 0) is 22.0 Å². The molecule has 1 aromatic heterocycles. The van der Waals surface area contributed by atoms with Crippen molar-refractivity contribution in [2.45, 2.75) is 34.6 Å². The van der Waals surface area contributed by atoms with Gasteiger partial charge in [-0.1, -0.05) is 30.3 Å². The second kappa shape index (κ2) is 10.6. The number of halogens is 6. The first-order valence-corrected chi connectivity index (χ1v) is 13.9. The number of rotatable bonds is 7. The lowest BCUT2D eigenvalue weighted by Gasteiger charge is -2.42. The van der Waals surface area contributed by atoms with Gasteiger partial charge in [-0.2, -0.15) is 30.6 Å². The van der Waals surface area contributed by atoms with Crippen molar-refractivity contribution in [2.24, 2.45) is 0 Å². The predicted molar refractivity (Wildman–Crippen MR) is 133 cm³/mol. The monoisotopic (exact) mass is 594 g/mol. The van der Waals surface area contributed by atoms with Crippen molar-refractivity contribution in [1.29, 1.82) is 0 Å². The van der Waals surface area contributed by atoms with Crippen LogP contribution in [0.3, 0.4) is 0 Å². The van der Waals surface area contributed by atoms with Crippen molar-refractivity contribution >= 4 is 27.0 Å². The fourth-order valence-electron chi connectivity index (χ4n) is 4.55. The molecule has 0 amide bonds. The molecule has 1 fully saturated rings. The van der Waals surface area contributed by atoms with Gasteiger partial charge < -0.3 is 14.7 Å². The molecule has 6 nitrogen and oxygen atoms in total. The zero-order chi connectivity index (χ0) is 28.6. The first-order chi connectivity index (χ1) is 18.2. The highest BCUT2D eigenvalue weighted by Crippen LogP contribution is 2.50. The van der Waals surface area contributed by atoms with Gasteiger partial charge in [0.05, 0.1) is 7.11 Å². The number of benzene rings is 2. The third-order valence-electron chi connectivity index (χ3n) is 6.58. The van der Waals surface area contributed by atoms with Crippen molar-refractivity contribution in [1.82, 2.24) is 4.31 Å². The zero-order valence-corrected chi connectivity index (χ0v) is 22.0. The van der Waals surface area contributed by atoms with E-state index in [-0.39, 0.29) is 29.5 Å². The maximum atomic E-state index is 13.3. The summed E-state index contributed by atoms with van der Waals surface area (Å²) in [6.07, 6.45) is -11.7. The molecule has 0 unspecified atom stereocenters. The number of ether oxygens (including phenoxy) is 1. The lowest BCUT2D eigenvalue weighted by atomic mass is 9.92. The average molecular weight is 595 g/mol. The van der Waals surface area contributed by atoms with E-state index in [0.717, 1.165) is 29.0 Å². The Morgan fingerprint density at radius 1 is 0.974 bits per heavy atom. The highest BCUT2D eigenvalue weighted by atomic mass is 32.2. The fourth-order valence-corrected chi connectivity index (χ4v) is 7.16. The molecule has 39 heavy (non-hydrogen) atoms. The van der Waals surface area contributed by atoms with Crippen LogP contribution in [0.5, 0.6) is 5.75 Å². The van der Waals surface area contributed by atoms with E-state index in [1.54, 1.807) is 34.5 Å². The number of thiophene rings is 1. The summed E-state index contributed by atoms with van der Waals surface area (Å²) >= 11 is 1.07. The van der Waals surface area contributed by atoms with Gasteiger partial charge in [-0.3, -0.25) is 0 Å². The molecule has 1 saturated heterocycles. The lowest BCUT2D eigenvalue weighted by molar-refractivity contribution is -0.376. The first kappa shape index (κ1) is 29.2. The molecule has 212 valence electrons. The van der Waals surface area contributed by atoms with E-state index in [2.05, 4.69) is 0 Å². The summed E-state index contributed by atoms with van der Waals surface area (Å²) in [5.74, 6) is 0.570. The highest BCUT2D eigenvalue weighted by Gasteiger charge is 2.71. The van der Waals surface area contributed by atoms with Crippen LogP contribution >= 0.6 is 11.3 Å². The number of methoxy groups -OCH3 is 1. The number of piperazine rings is 1. The van der Waals surface area contributed by atoms with Crippen molar-refractivity contribution in [2.75, 3.05) is 31.6 Å². The minimum absolute atomic E-state index is 0.0221. The Balaban J connectivity index is 1.68. The van der Waals surface area contributed by atoms with E-state index >= 15 is 0 Å². The molecule has 1 atom stereocenters. The number of aliphatic hydroxyl groups is 1. The van der Waals surface area contributed by atoms with Crippen molar-refractivity contribution in [3.63, 3.8) is 0 Å². The van der Waals surface area contributed by atoms with Crippen LogP contribution in [0.2, 0.25) is 0 Å². The summed E-state index contributed by atoms with van der Waals surface area (Å²) in [6.45, 7) is 0.196. The van der Waals surface area contributed by atoms with Crippen LogP contribution in [-0.4, -0.2) is 63.0 Å². The van der Waals surface area contributed by atoms with Crippen LogP contribution in [0, 0.1) is 0 Å². The van der Waals surface area contributed by atoms with E-state index in [1.807, 2.05) is 6.07 Å². The van der Waals surface area contributed by atoms with Gasteiger partial charge in [-0.25, -0.2) is 8.42 Å². The third kappa shape index (κ3) is 5.60. The Morgan fingerprint density at radius 2 is 1.64 bits per heavy atom. The van der Waals surface area contributed by atoms with Gasteiger partial charge in [0.15, 0.2) is 0 Å². The zero-order valence-electron chi connectivity index (χ0n) is 20.4. The molecule has 3 aromatic rings. The summed E-state index contributed by atoms with van der Waals surface area (Å²) in [5, 5.41) is 11.4. The average Bonchev–Trinajstić information content (AvgIpc) is 3.43. The number of anilines is 1. The quantitative estimate of drug-likeness (QED) is 0.382. The van der Waals surface area contributed by atoms with E-state index in [1.165, 1.54) is 17.5 Å². The highest BCUT2D eigenvalue weighted by molar-refractivity contribution is 7.91.